The van der Waals surface area contributed by atoms with E-state index in [9.17, 15) is 35.9 Å². The molecular weight excluding hydrogens is 432 g/mol. The number of rotatable bonds is 6. The topological polar surface area (TPSA) is 64.6 Å². The third kappa shape index (κ3) is 6.37. The highest BCUT2D eigenvalue weighted by molar-refractivity contribution is 5.98. The van der Waals surface area contributed by atoms with Gasteiger partial charge in [0.25, 0.3) is 5.91 Å². The Labute approximate surface area is 173 Å². The fraction of sp³-hybridized carbons (Fsp3) is 0.300. The molecule has 1 atom stereocenters. The zero-order valence-corrected chi connectivity index (χ0v) is 16.2. The van der Waals surface area contributed by atoms with E-state index in [1.807, 2.05) is 0 Å². The van der Waals surface area contributed by atoms with Gasteiger partial charge < -0.3 is 14.8 Å². The Morgan fingerprint density at radius 3 is 2.03 bits per heavy atom. The molecular formula is C20H17F6NO4. The molecule has 11 heteroatoms. The standard InChI is InChI=1S/C20H17F6NO4/c1-3-30-16-7-5-4-6-15(16)27-17(28)11(2)31-18(29)12-8-13(19(21,22)23)10-14(9-12)20(24,25)26/h4-11H,3H2,1-2H3,(H,27,28). The van der Waals surface area contributed by atoms with Crippen LogP contribution in [-0.4, -0.2) is 24.6 Å². The molecule has 2 aromatic carbocycles. The highest BCUT2D eigenvalue weighted by atomic mass is 19.4. The van der Waals surface area contributed by atoms with Crippen LogP contribution in [-0.2, 0) is 21.9 Å². The zero-order chi connectivity index (χ0) is 23.4. The highest BCUT2D eigenvalue weighted by Gasteiger charge is 2.38. The van der Waals surface area contributed by atoms with Crippen LogP contribution < -0.4 is 10.1 Å². The summed E-state index contributed by atoms with van der Waals surface area (Å²) in [5.74, 6) is -2.05. The first-order valence-corrected chi connectivity index (χ1v) is 8.86. The molecule has 0 saturated heterocycles. The molecule has 5 nitrogen and oxygen atoms in total. The SMILES string of the molecule is CCOc1ccccc1NC(=O)C(C)OC(=O)c1cc(C(F)(F)F)cc(C(F)(F)F)c1. The van der Waals surface area contributed by atoms with E-state index in [-0.39, 0.29) is 23.9 Å². The zero-order valence-electron chi connectivity index (χ0n) is 16.2. The molecule has 0 fully saturated rings. The van der Waals surface area contributed by atoms with Gasteiger partial charge in [-0.1, -0.05) is 12.1 Å². The fourth-order valence-corrected chi connectivity index (χ4v) is 2.44. The number of alkyl halides is 6. The summed E-state index contributed by atoms with van der Waals surface area (Å²) in [6.45, 7) is 3.14. The van der Waals surface area contributed by atoms with E-state index in [1.54, 1.807) is 25.1 Å². The second kappa shape index (κ2) is 9.27. The van der Waals surface area contributed by atoms with Gasteiger partial charge in [0.05, 0.1) is 29.0 Å². The molecule has 1 N–H and O–H groups in total. The Balaban J connectivity index is 2.21. The average Bonchev–Trinajstić information content (AvgIpc) is 2.67. The van der Waals surface area contributed by atoms with Gasteiger partial charge >= 0.3 is 18.3 Å². The number of halogens is 6. The van der Waals surface area contributed by atoms with Crippen LogP contribution in [0.1, 0.15) is 35.3 Å². The first-order chi connectivity index (χ1) is 14.3. The summed E-state index contributed by atoms with van der Waals surface area (Å²) in [5.41, 5.74) is -4.08. The number of carbonyl (C=O) groups excluding carboxylic acids is 2. The number of benzene rings is 2. The Hall–Kier alpha value is -3.24. The molecule has 0 aliphatic carbocycles. The van der Waals surface area contributed by atoms with Gasteiger partial charge in [-0.15, -0.1) is 0 Å². The molecule has 2 rings (SSSR count). The number of nitrogens with one attached hydrogen (secondary N) is 1. The predicted octanol–water partition coefficient (Wildman–Crippen LogP) is 5.31. The van der Waals surface area contributed by atoms with Gasteiger partial charge in [-0.3, -0.25) is 4.79 Å². The normalized spacial score (nSPS) is 12.8. The van der Waals surface area contributed by atoms with Crippen LogP contribution >= 0.6 is 0 Å². The summed E-state index contributed by atoms with van der Waals surface area (Å²) in [4.78, 5) is 24.5. The average molecular weight is 449 g/mol. The number of esters is 1. The van der Waals surface area contributed by atoms with E-state index in [0.29, 0.717) is 12.4 Å². The number of anilines is 1. The van der Waals surface area contributed by atoms with E-state index < -0.39 is 47.0 Å². The van der Waals surface area contributed by atoms with Gasteiger partial charge in [-0.25, -0.2) is 4.79 Å². The molecule has 0 bridgehead atoms. The largest absolute Gasteiger partial charge is 0.492 e. The molecule has 31 heavy (non-hydrogen) atoms. The van der Waals surface area contributed by atoms with Crippen molar-refractivity contribution in [2.75, 3.05) is 11.9 Å². The Morgan fingerprint density at radius 1 is 0.968 bits per heavy atom. The third-order valence-corrected chi connectivity index (χ3v) is 3.92. The van der Waals surface area contributed by atoms with Crippen LogP contribution in [0.15, 0.2) is 42.5 Å². The van der Waals surface area contributed by atoms with Crippen LogP contribution in [0, 0.1) is 0 Å². The summed E-state index contributed by atoms with van der Waals surface area (Å²) < 4.78 is 87.7. The summed E-state index contributed by atoms with van der Waals surface area (Å²) in [6.07, 6.45) is -11.8. The van der Waals surface area contributed by atoms with E-state index in [4.69, 9.17) is 9.47 Å². The molecule has 0 spiro atoms. The second-order valence-corrected chi connectivity index (χ2v) is 6.26. The number of hydrogen-bond acceptors (Lipinski definition) is 4. The maximum Gasteiger partial charge on any atom is 0.416 e. The molecule has 0 aliphatic heterocycles. The van der Waals surface area contributed by atoms with E-state index in [0.717, 1.165) is 6.92 Å². The van der Waals surface area contributed by atoms with Gasteiger partial charge in [0.15, 0.2) is 6.10 Å². The molecule has 0 aromatic heterocycles. The van der Waals surface area contributed by atoms with Crippen molar-refractivity contribution in [2.24, 2.45) is 0 Å². The van der Waals surface area contributed by atoms with Crippen LogP contribution in [0.3, 0.4) is 0 Å². The number of para-hydroxylation sites is 2. The van der Waals surface area contributed by atoms with E-state index >= 15 is 0 Å². The maximum absolute atomic E-state index is 12.9. The van der Waals surface area contributed by atoms with E-state index in [1.165, 1.54) is 6.07 Å². The van der Waals surface area contributed by atoms with Gasteiger partial charge in [-0.2, -0.15) is 26.3 Å². The van der Waals surface area contributed by atoms with Crippen molar-refractivity contribution in [3.63, 3.8) is 0 Å². The van der Waals surface area contributed by atoms with Crippen molar-refractivity contribution in [1.29, 1.82) is 0 Å². The molecule has 2 aromatic rings. The van der Waals surface area contributed by atoms with Crippen LogP contribution in [0.5, 0.6) is 5.75 Å². The minimum absolute atomic E-state index is 0.114. The van der Waals surface area contributed by atoms with Gasteiger partial charge in [0.1, 0.15) is 5.75 Å². The number of carbonyl (C=O) groups is 2. The smallest absolute Gasteiger partial charge is 0.416 e. The molecule has 1 unspecified atom stereocenters. The van der Waals surface area contributed by atoms with Crippen molar-refractivity contribution < 1.29 is 45.4 Å². The van der Waals surface area contributed by atoms with Crippen molar-refractivity contribution in [2.45, 2.75) is 32.3 Å². The molecule has 0 aliphatic rings. The number of amides is 1. The minimum Gasteiger partial charge on any atom is -0.492 e. The summed E-state index contributed by atoms with van der Waals surface area (Å²) in [7, 11) is 0. The van der Waals surface area contributed by atoms with Crippen LogP contribution in [0.4, 0.5) is 32.0 Å². The lowest BCUT2D eigenvalue weighted by Gasteiger charge is -2.17. The second-order valence-electron chi connectivity index (χ2n) is 6.26. The lowest BCUT2D eigenvalue weighted by Crippen LogP contribution is -2.30. The van der Waals surface area contributed by atoms with Crippen LogP contribution in [0.2, 0.25) is 0 Å². The monoisotopic (exact) mass is 449 g/mol. The summed E-state index contributed by atoms with van der Waals surface area (Å²) in [6, 6.07) is 6.65. The Bertz CT molecular complexity index is 923. The van der Waals surface area contributed by atoms with Crippen LogP contribution in [0.25, 0.3) is 0 Å². The maximum atomic E-state index is 12.9. The van der Waals surface area contributed by atoms with Crippen molar-refractivity contribution in [3.8, 4) is 5.75 Å². The van der Waals surface area contributed by atoms with Crippen molar-refractivity contribution in [3.05, 3.63) is 59.2 Å². The lowest BCUT2D eigenvalue weighted by molar-refractivity contribution is -0.143. The quantitative estimate of drug-likeness (QED) is 0.480. The number of ether oxygens (including phenoxy) is 2. The Kier molecular flexibility index (Phi) is 7.19. The van der Waals surface area contributed by atoms with Crippen molar-refractivity contribution >= 4 is 17.6 Å². The van der Waals surface area contributed by atoms with Gasteiger partial charge in [0, 0.05) is 0 Å². The molecule has 168 valence electrons. The minimum atomic E-state index is -5.12. The fourth-order valence-electron chi connectivity index (χ4n) is 2.44. The molecule has 0 radical (unpaired) electrons. The highest BCUT2D eigenvalue weighted by Crippen LogP contribution is 2.36. The van der Waals surface area contributed by atoms with Gasteiger partial charge in [0.2, 0.25) is 0 Å². The molecule has 0 heterocycles. The lowest BCUT2D eigenvalue weighted by atomic mass is 10.0. The third-order valence-electron chi connectivity index (χ3n) is 3.92. The van der Waals surface area contributed by atoms with E-state index in [2.05, 4.69) is 5.32 Å². The Morgan fingerprint density at radius 2 is 1.52 bits per heavy atom. The first kappa shape index (κ1) is 24.0. The molecule has 0 saturated carbocycles. The van der Waals surface area contributed by atoms with Crippen molar-refractivity contribution in [1.82, 2.24) is 0 Å². The summed E-state index contributed by atoms with van der Waals surface area (Å²) >= 11 is 0. The summed E-state index contributed by atoms with van der Waals surface area (Å²) in [5, 5.41) is 2.42. The first-order valence-electron chi connectivity index (χ1n) is 8.86. The predicted molar refractivity (Wildman–Crippen MR) is 97.6 cm³/mol. The van der Waals surface area contributed by atoms with Gasteiger partial charge in [-0.05, 0) is 44.2 Å². The number of hydrogen-bond donors (Lipinski definition) is 1. The molecule has 1 amide bonds.